The molecule has 0 unspecified atom stereocenters. The summed E-state index contributed by atoms with van der Waals surface area (Å²) < 4.78 is 18.3. The van der Waals surface area contributed by atoms with E-state index in [0.29, 0.717) is 12.2 Å². The van der Waals surface area contributed by atoms with Crippen molar-refractivity contribution in [3.63, 3.8) is 0 Å². The number of halogens is 1. The normalized spacial score (nSPS) is 17.4. The second-order valence-corrected chi connectivity index (χ2v) is 6.73. The van der Waals surface area contributed by atoms with Crippen LogP contribution in [0.3, 0.4) is 0 Å². The lowest BCUT2D eigenvalue weighted by Crippen LogP contribution is -2.29. The van der Waals surface area contributed by atoms with E-state index in [4.69, 9.17) is 4.52 Å². The van der Waals surface area contributed by atoms with Crippen LogP contribution in [0.5, 0.6) is 0 Å². The highest BCUT2D eigenvalue weighted by atomic mass is 32.1. The highest BCUT2D eigenvalue weighted by Crippen LogP contribution is 2.35. The summed E-state index contributed by atoms with van der Waals surface area (Å²) in [5, 5.41) is 5.98. The zero-order chi connectivity index (χ0) is 16.5. The number of hydrogen-bond donors (Lipinski definition) is 0. The summed E-state index contributed by atoms with van der Waals surface area (Å²) in [6, 6.07) is 11.7. The summed E-state index contributed by atoms with van der Waals surface area (Å²) in [7, 11) is 0. The van der Waals surface area contributed by atoms with Crippen molar-refractivity contribution in [3.05, 3.63) is 64.3 Å². The molecule has 122 valence electrons. The molecule has 1 fully saturated rings. The van der Waals surface area contributed by atoms with Gasteiger partial charge in [0.25, 0.3) is 5.91 Å². The molecule has 4 nitrogen and oxygen atoms in total. The lowest BCUT2D eigenvalue weighted by atomic mass is 10.1. The first-order chi connectivity index (χ1) is 11.7. The zero-order valence-corrected chi connectivity index (χ0v) is 13.6. The van der Waals surface area contributed by atoms with Crippen molar-refractivity contribution < 1.29 is 13.7 Å². The number of hydrogen-bond acceptors (Lipinski definition) is 4. The number of likely N-dealkylation sites (tertiary alicyclic amines) is 1. The average Bonchev–Trinajstić information content (AvgIpc) is 3.34. The standard InChI is InChI=1S/C18H15FN2O2S/c19-13-7-5-12(6-8-13)14-11-16(23-20-14)18(22)21-9-1-3-15(21)17-4-2-10-24-17/h2,4-8,10-11,15H,1,3,9H2/t15-/m1/s1. The first-order valence-electron chi connectivity index (χ1n) is 7.79. The maximum Gasteiger partial charge on any atom is 0.293 e. The van der Waals surface area contributed by atoms with Gasteiger partial charge in [-0.05, 0) is 48.6 Å². The number of nitrogens with zero attached hydrogens (tertiary/aromatic N) is 2. The van der Waals surface area contributed by atoms with Crippen LogP contribution in [0.25, 0.3) is 11.3 Å². The third kappa shape index (κ3) is 2.73. The summed E-state index contributed by atoms with van der Waals surface area (Å²) >= 11 is 1.66. The van der Waals surface area contributed by atoms with Gasteiger partial charge in [-0.3, -0.25) is 4.79 Å². The molecule has 4 rings (SSSR count). The van der Waals surface area contributed by atoms with Gasteiger partial charge in [0.1, 0.15) is 11.5 Å². The molecule has 2 aromatic heterocycles. The molecule has 1 aromatic carbocycles. The van der Waals surface area contributed by atoms with Crippen LogP contribution in [-0.2, 0) is 0 Å². The summed E-state index contributed by atoms with van der Waals surface area (Å²) in [5.74, 6) is -0.237. The van der Waals surface area contributed by atoms with Gasteiger partial charge in [-0.2, -0.15) is 0 Å². The van der Waals surface area contributed by atoms with E-state index in [9.17, 15) is 9.18 Å². The minimum atomic E-state index is -0.311. The van der Waals surface area contributed by atoms with E-state index in [1.54, 1.807) is 29.5 Å². The van der Waals surface area contributed by atoms with Gasteiger partial charge < -0.3 is 9.42 Å². The molecule has 1 aliphatic rings. The molecule has 0 N–H and O–H groups in total. The highest BCUT2D eigenvalue weighted by Gasteiger charge is 2.33. The fraction of sp³-hybridized carbons (Fsp3) is 0.222. The molecule has 3 heterocycles. The van der Waals surface area contributed by atoms with E-state index in [1.165, 1.54) is 17.0 Å². The van der Waals surface area contributed by atoms with E-state index in [0.717, 1.165) is 18.4 Å². The van der Waals surface area contributed by atoms with Crippen LogP contribution in [-0.4, -0.2) is 22.5 Å². The van der Waals surface area contributed by atoms with Crippen molar-refractivity contribution in [1.29, 1.82) is 0 Å². The van der Waals surface area contributed by atoms with Crippen LogP contribution < -0.4 is 0 Å². The maximum absolute atomic E-state index is 13.0. The van der Waals surface area contributed by atoms with Gasteiger partial charge in [-0.15, -0.1) is 11.3 Å². The van der Waals surface area contributed by atoms with Gasteiger partial charge in [0.2, 0.25) is 5.76 Å². The van der Waals surface area contributed by atoms with Crippen molar-refractivity contribution in [3.8, 4) is 11.3 Å². The Hall–Kier alpha value is -2.47. The smallest absolute Gasteiger partial charge is 0.293 e. The molecule has 6 heteroatoms. The zero-order valence-electron chi connectivity index (χ0n) is 12.8. The molecule has 0 radical (unpaired) electrons. The molecular weight excluding hydrogens is 327 g/mol. The van der Waals surface area contributed by atoms with E-state index in [1.807, 2.05) is 16.3 Å². The average molecular weight is 342 g/mol. The van der Waals surface area contributed by atoms with E-state index in [-0.39, 0.29) is 23.5 Å². The quantitative estimate of drug-likeness (QED) is 0.703. The lowest BCUT2D eigenvalue weighted by Gasteiger charge is -2.22. The predicted molar refractivity (Wildman–Crippen MR) is 89.2 cm³/mol. The molecule has 0 spiro atoms. The molecule has 0 bridgehead atoms. The minimum absolute atomic E-state index is 0.108. The number of amides is 1. The summed E-state index contributed by atoms with van der Waals surface area (Å²) in [4.78, 5) is 15.8. The molecular formula is C18H15FN2O2S. The number of carbonyl (C=O) groups is 1. The SMILES string of the molecule is O=C(c1cc(-c2ccc(F)cc2)no1)N1CCC[C@@H]1c1cccs1. The van der Waals surface area contributed by atoms with Crippen molar-refractivity contribution in [2.24, 2.45) is 0 Å². The van der Waals surface area contributed by atoms with E-state index >= 15 is 0 Å². The summed E-state index contributed by atoms with van der Waals surface area (Å²) in [5.41, 5.74) is 1.25. The predicted octanol–water partition coefficient (Wildman–Crippen LogP) is 4.52. The molecule has 1 aliphatic heterocycles. The van der Waals surface area contributed by atoms with Gasteiger partial charge >= 0.3 is 0 Å². The Morgan fingerprint density at radius 2 is 2.12 bits per heavy atom. The Morgan fingerprint density at radius 3 is 2.88 bits per heavy atom. The monoisotopic (exact) mass is 342 g/mol. The van der Waals surface area contributed by atoms with Crippen LogP contribution in [0.2, 0.25) is 0 Å². The largest absolute Gasteiger partial charge is 0.350 e. The summed E-state index contributed by atoms with van der Waals surface area (Å²) in [6.45, 7) is 0.716. The van der Waals surface area contributed by atoms with Crippen molar-refractivity contribution in [2.45, 2.75) is 18.9 Å². The van der Waals surface area contributed by atoms with Crippen LogP contribution in [0.4, 0.5) is 4.39 Å². The minimum Gasteiger partial charge on any atom is -0.350 e. The van der Waals surface area contributed by atoms with Crippen LogP contribution >= 0.6 is 11.3 Å². The number of benzene rings is 1. The first kappa shape index (κ1) is 15.1. The van der Waals surface area contributed by atoms with Crippen LogP contribution in [0, 0.1) is 5.82 Å². The van der Waals surface area contributed by atoms with Gasteiger partial charge in [-0.25, -0.2) is 4.39 Å². The molecule has 1 atom stereocenters. The molecule has 1 amide bonds. The maximum atomic E-state index is 13.0. The third-order valence-corrected chi connectivity index (χ3v) is 5.22. The second kappa shape index (κ2) is 6.20. The first-order valence-corrected chi connectivity index (χ1v) is 8.67. The highest BCUT2D eigenvalue weighted by molar-refractivity contribution is 7.10. The Kier molecular flexibility index (Phi) is 3.90. The van der Waals surface area contributed by atoms with Crippen LogP contribution in [0.1, 0.15) is 34.3 Å². The molecule has 0 aliphatic carbocycles. The fourth-order valence-electron chi connectivity index (χ4n) is 3.06. The van der Waals surface area contributed by atoms with Crippen molar-refractivity contribution in [2.75, 3.05) is 6.54 Å². The summed E-state index contributed by atoms with van der Waals surface area (Å²) in [6.07, 6.45) is 1.94. The Bertz CT molecular complexity index is 842. The van der Waals surface area contributed by atoms with Gasteiger partial charge in [0, 0.05) is 23.1 Å². The fourth-order valence-corrected chi connectivity index (χ4v) is 3.93. The van der Waals surface area contributed by atoms with Gasteiger partial charge in [0.05, 0.1) is 6.04 Å². The number of carbonyl (C=O) groups excluding carboxylic acids is 1. The lowest BCUT2D eigenvalue weighted by molar-refractivity contribution is 0.0695. The van der Waals surface area contributed by atoms with Crippen molar-refractivity contribution >= 4 is 17.2 Å². The van der Waals surface area contributed by atoms with Gasteiger partial charge in [-0.1, -0.05) is 11.2 Å². The van der Waals surface area contributed by atoms with E-state index in [2.05, 4.69) is 11.2 Å². The molecule has 0 saturated carbocycles. The Labute approximate surface area is 142 Å². The Morgan fingerprint density at radius 1 is 1.29 bits per heavy atom. The molecule has 3 aromatic rings. The van der Waals surface area contributed by atoms with Crippen LogP contribution in [0.15, 0.2) is 52.4 Å². The van der Waals surface area contributed by atoms with E-state index < -0.39 is 0 Å². The van der Waals surface area contributed by atoms with Gasteiger partial charge in [0.15, 0.2) is 0 Å². The van der Waals surface area contributed by atoms with Crippen molar-refractivity contribution in [1.82, 2.24) is 10.1 Å². The Balaban J connectivity index is 1.57. The third-order valence-electron chi connectivity index (χ3n) is 4.25. The number of thiophene rings is 1. The number of aromatic nitrogens is 1. The topological polar surface area (TPSA) is 46.3 Å². The molecule has 1 saturated heterocycles. The second-order valence-electron chi connectivity index (χ2n) is 5.76. The number of rotatable bonds is 3. The molecule has 24 heavy (non-hydrogen) atoms.